The number of carbonyl (C=O) groups excluding carboxylic acids is 1. The first-order chi connectivity index (χ1) is 11.6. The Morgan fingerprint density at radius 2 is 2.04 bits per heavy atom. The Bertz CT molecular complexity index is 712. The van der Waals surface area contributed by atoms with Gasteiger partial charge < -0.3 is 9.64 Å². The zero-order valence-corrected chi connectivity index (χ0v) is 13.7. The molecule has 126 valence electrons. The van der Waals surface area contributed by atoms with Gasteiger partial charge in [-0.3, -0.25) is 9.78 Å². The first-order valence-electron chi connectivity index (χ1n) is 8.23. The van der Waals surface area contributed by atoms with E-state index in [0.717, 1.165) is 24.3 Å². The van der Waals surface area contributed by atoms with Crippen molar-refractivity contribution in [2.45, 2.75) is 19.8 Å². The molecule has 0 N–H and O–H groups in total. The van der Waals surface area contributed by atoms with Gasteiger partial charge in [0.25, 0.3) is 5.91 Å². The molecule has 1 aliphatic heterocycles. The van der Waals surface area contributed by atoms with Crippen LogP contribution in [0.2, 0.25) is 0 Å². The predicted octanol–water partition coefficient (Wildman–Crippen LogP) is 3.46. The molecule has 0 radical (unpaired) electrons. The molecule has 1 aromatic heterocycles. The molecule has 1 aromatic carbocycles. The lowest BCUT2D eigenvalue weighted by Gasteiger charge is -2.32. The Morgan fingerprint density at radius 1 is 1.29 bits per heavy atom. The van der Waals surface area contributed by atoms with Crippen LogP contribution in [0.5, 0.6) is 5.75 Å². The number of aryl methyl sites for hydroxylation is 1. The Balaban J connectivity index is 1.51. The van der Waals surface area contributed by atoms with Gasteiger partial charge in [0.1, 0.15) is 11.6 Å². The van der Waals surface area contributed by atoms with Crippen molar-refractivity contribution < 1.29 is 13.9 Å². The Hall–Kier alpha value is -2.43. The quantitative estimate of drug-likeness (QED) is 0.863. The summed E-state index contributed by atoms with van der Waals surface area (Å²) in [6, 6.07) is 9.91. The van der Waals surface area contributed by atoms with E-state index < -0.39 is 5.82 Å². The van der Waals surface area contributed by atoms with Gasteiger partial charge in [-0.1, -0.05) is 12.1 Å². The Morgan fingerprint density at radius 3 is 2.75 bits per heavy atom. The largest absolute Gasteiger partial charge is 0.493 e. The summed E-state index contributed by atoms with van der Waals surface area (Å²) < 4.78 is 19.6. The molecule has 2 heterocycles. The lowest BCUT2D eigenvalue weighted by Crippen LogP contribution is -2.40. The maximum atomic E-state index is 13.7. The van der Waals surface area contributed by atoms with Gasteiger partial charge in [-0.15, -0.1) is 0 Å². The lowest BCUT2D eigenvalue weighted by atomic mass is 9.97. The summed E-state index contributed by atoms with van der Waals surface area (Å²) in [6.07, 6.45) is 3.47. The number of hydrogen-bond donors (Lipinski definition) is 0. The fraction of sp³-hybridized carbons (Fsp3) is 0.368. The predicted molar refractivity (Wildman–Crippen MR) is 89.5 cm³/mol. The van der Waals surface area contributed by atoms with Crippen molar-refractivity contribution in [2.24, 2.45) is 5.92 Å². The highest BCUT2D eigenvalue weighted by atomic mass is 19.1. The van der Waals surface area contributed by atoms with Crippen molar-refractivity contribution >= 4 is 5.91 Å². The molecule has 5 heteroatoms. The number of aromatic nitrogens is 1. The highest BCUT2D eigenvalue weighted by Gasteiger charge is 2.25. The van der Waals surface area contributed by atoms with Gasteiger partial charge in [-0.2, -0.15) is 0 Å². The summed E-state index contributed by atoms with van der Waals surface area (Å²) in [7, 11) is 0. The zero-order chi connectivity index (χ0) is 16.9. The van der Waals surface area contributed by atoms with Crippen molar-refractivity contribution in [3.63, 3.8) is 0 Å². The third-order valence-corrected chi connectivity index (χ3v) is 4.36. The molecule has 0 spiro atoms. The summed E-state index contributed by atoms with van der Waals surface area (Å²) in [6.45, 7) is 3.83. The van der Waals surface area contributed by atoms with Crippen LogP contribution < -0.4 is 4.74 Å². The normalized spacial score (nSPS) is 15.3. The molecule has 24 heavy (non-hydrogen) atoms. The van der Waals surface area contributed by atoms with E-state index in [1.165, 1.54) is 6.07 Å². The first kappa shape index (κ1) is 16.4. The topological polar surface area (TPSA) is 42.4 Å². The Kier molecular flexibility index (Phi) is 5.08. The molecule has 1 fully saturated rings. The zero-order valence-electron chi connectivity index (χ0n) is 13.7. The number of pyridine rings is 1. The van der Waals surface area contributed by atoms with E-state index in [2.05, 4.69) is 4.98 Å². The number of halogens is 1. The number of nitrogens with zero attached hydrogens (tertiary/aromatic N) is 2. The summed E-state index contributed by atoms with van der Waals surface area (Å²) in [4.78, 5) is 18.3. The Labute approximate surface area is 141 Å². The molecule has 1 saturated heterocycles. The molecule has 2 aromatic rings. The second kappa shape index (κ2) is 7.43. The number of piperidine rings is 1. The van der Waals surface area contributed by atoms with E-state index in [-0.39, 0.29) is 11.5 Å². The molecule has 1 aliphatic rings. The average molecular weight is 328 g/mol. The fourth-order valence-corrected chi connectivity index (χ4v) is 2.93. The lowest BCUT2D eigenvalue weighted by molar-refractivity contribution is 0.0656. The number of rotatable bonds is 4. The molecule has 1 amide bonds. The molecule has 0 unspecified atom stereocenters. The minimum Gasteiger partial charge on any atom is -0.493 e. The van der Waals surface area contributed by atoms with E-state index in [4.69, 9.17) is 4.74 Å². The second-order valence-corrected chi connectivity index (χ2v) is 6.16. The number of likely N-dealkylation sites (tertiary alicyclic amines) is 1. The van der Waals surface area contributed by atoms with Crippen LogP contribution in [0.4, 0.5) is 4.39 Å². The summed E-state index contributed by atoms with van der Waals surface area (Å²) in [5.74, 6) is 0.550. The van der Waals surface area contributed by atoms with E-state index in [0.29, 0.717) is 25.6 Å². The number of amides is 1. The standard InChI is InChI=1S/C19H21FN2O2/c1-14-12-16(6-9-21-14)24-13-15-7-10-22(11-8-15)19(23)17-4-2-3-5-18(17)20/h2-6,9,12,15H,7-8,10-11,13H2,1H3. The SMILES string of the molecule is Cc1cc(OCC2CCN(C(=O)c3ccccc3F)CC2)ccn1. The van der Waals surface area contributed by atoms with Crippen LogP contribution in [0.3, 0.4) is 0 Å². The van der Waals surface area contributed by atoms with Crippen LogP contribution in [0, 0.1) is 18.7 Å². The molecule has 0 aliphatic carbocycles. The highest BCUT2D eigenvalue weighted by molar-refractivity contribution is 5.94. The maximum Gasteiger partial charge on any atom is 0.256 e. The fourth-order valence-electron chi connectivity index (χ4n) is 2.93. The van der Waals surface area contributed by atoms with Crippen LogP contribution >= 0.6 is 0 Å². The molecule has 0 atom stereocenters. The smallest absolute Gasteiger partial charge is 0.256 e. The molecule has 0 bridgehead atoms. The number of hydrogen-bond acceptors (Lipinski definition) is 3. The van der Waals surface area contributed by atoms with E-state index in [9.17, 15) is 9.18 Å². The van der Waals surface area contributed by atoms with Gasteiger partial charge in [0.05, 0.1) is 12.2 Å². The van der Waals surface area contributed by atoms with Crippen molar-refractivity contribution in [1.82, 2.24) is 9.88 Å². The summed E-state index contributed by atoms with van der Waals surface area (Å²) in [5.41, 5.74) is 1.08. The summed E-state index contributed by atoms with van der Waals surface area (Å²) >= 11 is 0. The van der Waals surface area contributed by atoms with Crippen LogP contribution in [-0.4, -0.2) is 35.5 Å². The minimum atomic E-state index is -0.457. The molecular formula is C19H21FN2O2. The van der Waals surface area contributed by atoms with Gasteiger partial charge in [-0.05, 0) is 43.9 Å². The number of ether oxygens (including phenoxy) is 1. The third-order valence-electron chi connectivity index (χ3n) is 4.36. The van der Waals surface area contributed by atoms with E-state index in [1.807, 2.05) is 19.1 Å². The van der Waals surface area contributed by atoms with Crippen LogP contribution in [0.15, 0.2) is 42.6 Å². The molecule has 0 saturated carbocycles. The third kappa shape index (κ3) is 3.91. The number of benzene rings is 1. The van der Waals surface area contributed by atoms with Crippen LogP contribution in [0.1, 0.15) is 28.9 Å². The molecular weight excluding hydrogens is 307 g/mol. The van der Waals surface area contributed by atoms with Gasteiger partial charge in [0, 0.05) is 31.0 Å². The molecule has 4 nitrogen and oxygen atoms in total. The monoisotopic (exact) mass is 328 g/mol. The van der Waals surface area contributed by atoms with Crippen LogP contribution in [0.25, 0.3) is 0 Å². The van der Waals surface area contributed by atoms with Crippen LogP contribution in [-0.2, 0) is 0 Å². The van der Waals surface area contributed by atoms with Gasteiger partial charge in [0.15, 0.2) is 0 Å². The number of carbonyl (C=O) groups is 1. The average Bonchev–Trinajstić information content (AvgIpc) is 2.60. The minimum absolute atomic E-state index is 0.152. The van der Waals surface area contributed by atoms with Crippen molar-refractivity contribution in [3.05, 3.63) is 59.7 Å². The molecule has 3 rings (SSSR count). The highest BCUT2D eigenvalue weighted by Crippen LogP contribution is 2.21. The van der Waals surface area contributed by atoms with Gasteiger partial charge in [0.2, 0.25) is 0 Å². The maximum absolute atomic E-state index is 13.7. The second-order valence-electron chi connectivity index (χ2n) is 6.16. The van der Waals surface area contributed by atoms with Crippen molar-refractivity contribution in [1.29, 1.82) is 0 Å². The van der Waals surface area contributed by atoms with E-state index in [1.54, 1.807) is 29.3 Å². The first-order valence-corrected chi connectivity index (χ1v) is 8.23. The summed E-state index contributed by atoms with van der Waals surface area (Å²) in [5, 5.41) is 0. The van der Waals surface area contributed by atoms with Crippen molar-refractivity contribution in [3.8, 4) is 5.75 Å². The van der Waals surface area contributed by atoms with E-state index >= 15 is 0 Å². The van der Waals surface area contributed by atoms with Gasteiger partial charge >= 0.3 is 0 Å². The van der Waals surface area contributed by atoms with Crippen molar-refractivity contribution in [2.75, 3.05) is 19.7 Å². The van der Waals surface area contributed by atoms with Gasteiger partial charge in [-0.25, -0.2) is 4.39 Å².